The van der Waals surface area contributed by atoms with E-state index in [2.05, 4.69) is 39.0 Å². The van der Waals surface area contributed by atoms with Crippen molar-refractivity contribution < 1.29 is 4.79 Å². The van der Waals surface area contributed by atoms with Gasteiger partial charge in [0.25, 0.3) is 0 Å². The van der Waals surface area contributed by atoms with Gasteiger partial charge in [-0.15, -0.1) is 0 Å². The molecule has 16 heavy (non-hydrogen) atoms. The molecule has 84 valence electrons. The van der Waals surface area contributed by atoms with E-state index in [1.165, 1.54) is 16.7 Å². The average Bonchev–Trinajstić information content (AvgIpc) is 2.78. The van der Waals surface area contributed by atoms with Crippen LogP contribution in [0.4, 0.5) is 0 Å². The van der Waals surface area contributed by atoms with E-state index in [0.29, 0.717) is 17.8 Å². The van der Waals surface area contributed by atoms with Crippen LogP contribution < -0.4 is 0 Å². The predicted octanol–water partition coefficient (Wildman–Crippen LogP) is 3.07. The Labute approximate surface area is 96.9 Å². The standard InChI is InChI=1S/C15H18O/c1-15(2,3)10-5-4-9-6-12-13(8-16)14(12)11(9)7-10/h4-5,7-8,12-14H,6H2,1-3H3/t12-,13-,14-/m1/s1. The van der Waals surface area contributed by atoms with Crippen LogP contribution in [0.1, 0.15) is 43.4 Å². The summed E-state index contributed by atoms with van der Waals surface area (Å²) in [6, 6.07) is 6.85. The first-order chi connectivity index (χ1) is 7.52. The highest BCUT2D eigenvalue weighted by molar-refractivity contribution is 5.66. The van der Waals surface area contributed by atoms with Crippen molar-refractivity contribution in [3.8, 4) is 0 Å². The van der Waals surface area contributed by atoms with Crippen molar-refractivity contribution in [3.05, 3.63) is 34.9 Å². The number of hydrogen-bond acceptors (Lipinski definition) is 1. The van der Waals surface area contributed by atoms with E-state index in [1.807, 2.05) is 0 Å². The number of benzene rings is 1. The molecule has 0 N–H and O–H groups in total. The third kappa shape index (κ3) is 1.27. The molecule has 1 saturated carbocycles. The molecule has 1 nitrogen and oxygen atoms in total. The second-order valence-corrected chi connectivity index (χ2v) is 6.27. The monoisotopic (exact) mass is 214 g/mol. The molecule has 0 radical (unpaired) electrons. The average molecular weight is 214 g/mol. The molecule has 0 spiro atoms. The van der Waals surface area contributed by atoms with Gasteiger partial charge in [-0.1, -0.05) is 39.0 Å². The molecule has 1 aromatic rings. The van der Waals surface area contributed by atoms with Gasteiger partial charge in [0, 0.05) is 5.92 Å². The molecule has 2 aliphatic carbocycles. The maximum atomic E-state index is 10.9. The molecular weight excluding hydrogens is 196 g/mol. The number of aldehydes is 1. The van der Waals surface area contributed by atoms with Crippen LogP contribution in [-0.2, 0) is 16.6 Å². The van der Waals surface area contributed by atoms with Gasteiger partial charge >= 0.3 is 0 Å². The van der Waals surface area contributed by atoms with E-state index in [9.17, 15) is 4.79 Å². The minimum Gasteiger partial charge on any atom is -0.303 e. The highest BCUT2D eigenvalue weighted by Crippen LogP contribution is 2.60. The van der Waals surface area contributed by atoms with Crippen LogP contribution >= 0.6 is 0 Å². The van der Waals surface area contributed by atoms with Gasteiger partial charge in [-0.05, 0) is 40.4 Å². The summed E-state index contributed by atoms with van der Waals surface area (Å²) in [4.78, 5) is 10.9. The van der Waals surface area contributed by atoms with Gasteiger partial charge in [-0.25, -0.2) is 0 Å². The Kier molecular flexibility index (Phi) is 1.87. The van der Waals surface area contributed by atoms with Crippen molar-refractivity contribution in [2.24, 2.45) is 11.8 Å². The Balaban J connectivity index is 2.01. The summed E-state index contributed by atoms with van der Waals surface area (Å²) in [5.74, 6) is 1.50. The molecule has 2 aliphatic rings. The zero-order valence-corrected chi connectivity index (χ0v) is 10.2. The summed E-state index contributed by atoms with van der Waals surface area (Å²) in [6.07, 6.45) is 2.27. The third-order valence-corrected chi connectivity index (χ3v) is 4.21. The quantitative estimate of drug-likeness (QED) is 0.657. The maximum absolute atomic E-state index is 10.9. The lowest BCUT2D eigenvalue weighted by Gasteiger charge is -2.20. The first-order valence-electron chi connectivity index (χ1n) is 6.11. The molecule has 0 bridgehead atoms. The summed E-state index contributed by atoms with van der Waals surface area (Å²) in [5.41, 5.74) is 4.53. The number of carbonyl (C=O) groups excluding carboxylic acids is 1. The van der Waals surface area contributed by atoms with Crippen LogP contribution in [0.2, 0.25) is 0 Å². The van der Waals surface area contributed by atoms with Crippen molar-refractivity contribution in [1.82, 2.24) is 0 Å². The fourth-order valence-electron chi connectivity index (χ4n) is 3.10. The number of hydrogen-bond donors (Lipinski definition) is 0. The summed E-state index contributed by atoms with van der Waals surface area (Å²) < 4.78 is 0. The smallest absolute Gasteiger partial charge is 0.124 e. The normalized spacial score (nSPS) is 30.8. The number of fused-ring (bicyclic) bond motifs is 3. The molecule has 0 heterocycles. The minimum atomic E-state index is 0.207. The second-order valence-electron chi connectivity index (χ2n) is 6.27. The van der Waals surface area contributed by atoms with Crippen molar-refractivity contribution >= 4 is 6.29 Å². The van der Waals surface area contributed by atoms with Gasteiger partial charge < -0.3 is 4.79 Å². The van der Waals surface area contributed by atoms with E-state index in [0.717, 1.165) is 12.7 Å². The fourth-order valence-corrected chi connectivity index (χ4v) is 3.10. The van der Waals surface area contributed by atoms with E-state index < -0.39 is 0 Å². The molecule has 1 heteroatoms. The molecule has 0 aliphatic heterocycles. The molecule has 0 amide bonds. The van der Waals surface area contributed by atoms with Gasteiger partial charge in [-0.3, -0.25) is 0 Å². The van der Waals surface area contributed by atoms with Gasteiger partial charge in [-0.2, -0.15) is 0 Å². The van der Waals surface area contributed by atoms with E-state index in [1.54, 1.807) is 0 Å². The molecule has 0 saturated heterocycles. The number of rotatable bonds is 1. The Bertz CT molecular complexity index is 453. The summed E-state index contributed by atoms with van der Waals surface area (Å²) in [6.45, 7) is 6.72. The second kappa shape index (κ2) is 2.97. The van der Waals surface area contributed by atoms with Crippen LogP contribution in [0.25, 0.3) is 0 Å². The van der Waals surface area contributed by atoms with Crippen molar-refractivity contribution in [1.29, 1.82) is 0 Å². The molecular formula is C15H18O. The summed E-state index contributed by atoms with van der Waals surface area (Å²) in [5, 5.41) is 0. The first kappa shape index (κ1) is 10.1. The van der Waals surface area contributed by atoms with Crippen molar-refractivity contribution in [2.45, 2.75) is 38.5 Å². The lowest BCUT2D eigenvalue weighted by Crippen LogP contribution is -2.11. The molecule has 1 fully saturated rings. The van der Waals surface area contributed by atoms with Crippen molar-refractivity contribution in [3.63, 3.8) is 0 Å². The van der Waals surface area contributed by atoms with E-state index in [-0.39, 0.29) is 5.41 Å². The Morgan fingerprint density at radius 1 is 1.31 bits per heavy atom. The molecule has 0 unspecified atom stereocenters. The summed E-state index contributed by atoms with van der Waals surface area (Å²) >= 11 is 0. The van der Waals surface area contributed by atoms with Gasteiger partial charge in [0.05, 0.1) is 0 Å². The topological polar surface area (TPSA) is 17.1 Å². The SMILES string of the molecule is CC(C)(C)c1ccc2c(c1)[C@H]1[C@H](C=O)[C@H]1C2. The van der Waals surface area contributed by atoms with E-state index in [4.69, 9.17) is 0 Å². The van der Waals surface area contributed by atoms with E-state index >= 15 is 0 Å². The fraction of sp³-hybridized carbons (Fsp3) is 0.533. The minimum absolute atomic E-state index is 0.207. The largest absolute Gasteiger partial charge is 0.303 e. The number of carbonyl (C=O) groups is 1. The molecule has 3 rings (SSSR count). The van der Waals surface area contributed by atoms with Gasteiger partial charge in [0.2, 0.25) is 0 Å². The van der Waals surface area contributed by atoms with Gasteiger partial charge in [0.1, 0.15) is 6.29 Å². The third-order valence-electron chi connectivity index (χ3n) is 4.21. The van der Waals surface area contributed by atoms with Crippen LogP contribution in [0, 0.1) is 11.8 Å². The first-order valence-corrected chi connectivity index (χ1v) is 6.11. The predicted molar refractivity (Wildman–Crippen MR) is 64.6 cm³/mol. The molecule has 1 aromatic carbocycles. The zero-order chi connectivity index (χ0) is 11.5. The Morgan fingerprint density at radius 2 is 2.06 bits per heavy atom. The zero-order valence-electron chi connectivity index (χ0n) is 10.2. The van der Waals surface area contributed by atoms with Crippen molar-refractivity contribution in [2.75, 3.05) is 0 Å². The Morgan fingerprint density at radius 3 is 2.69 bits per heavy atom. The Hall–Kier alpha value is -1.11. The van der Waals surface area contributed by atoms with Crippen LogP contribution in [0.15, 0.2) is 18.2 Å². The summed E-state index contributed by atoms with van der Waals surface area (Å²) in [7, 11) is 0. The van der Waals surface area contributed by atoms with Crippen LogP contribution in [0.3, 0.4) is 0 Å². The maximum Gasteiger partial charge on any atom is 0.124 e. The highest BCUT2D eigenvalue weighted by Gasteiger charge is 2.55. The lowest BCUT2D eigenvalue weighted by atomic mass is 9.84. The molecule has 0 aromatic heterocycles. The van der Waals surface area contributed by atoms with Gasteiger partial charge in [0.15, 0.2) is 0 Å². The van der Waals surface area contributed by atoms with Crippen LogP contribution in [0.5, 0.6) is 0 Å². The lowest BCUT2D eigenvalue weighted by molar-refractivity contribution is -0.109. The van der Waals surface area contributed by atoms with Crippen LogP contribution in [-0.4, -0.2) is 6.29 Å². The molecule has 3 atom stereocenters. The highest BCUT2D eigenvalue weighted by atomic mass is 16.1.